The van der Waals surface area contributed by atoms with E-state index in [1.54, 1.807) is 0 Å². The summed E-state index contributed by atoms with van der Waals surface area (Å²) >= 11 is 5.36. The molecule has 7 heteroatoms. The molecule has 1 rings (SSSR count). The van der Waals surface area contributed by atoms with Gasteiger partial charge in [-0.25, -0.2) is 18.6 Å². The molecule has 0 fully saturated rings. The van der Waals surface area contributed by atoms with Gasteiger partial charge < -0.3 is 9.84 Å². The normalized spacial score (nSPS) is 10.5. The van der Waals surface area contributed by atoms with Gasteiger partial charge in [0.1, 0.15) is 0 Å². The van der Waals surface area contributed by atoms with E-state index in [4.69, 9.17) is 16.7 Å². The fourth-order valence-corrected chi connectivity index (χ4v) is 1.10. The van der Waals surface area contributed by atoms with Crippen LogP contribution in [0.3, 0.4) is 0 Å². The van der Waals surface area contributed by atoms with Crippen LogP contribution >= 0.6 is 11.6 Å². The van der Waals surface area contributed by atoms with Gasteiger partial charge in [0.2, 0.25) is 0 Å². The third-order valence-electron chi connectivity index (χ3n) is 1.61. The molecule has 0 bridgehead atoms. The van der Waals surface area contributed by atoms with Gasteiger partial charge in [0.15, 0.2) is 16.6 Å². The smallest absolute Gasteiger partial charge is 0.356 e. The molecule has 0 aliphatic carbocycles. The van der Waals surface area contributed by atoms with Crippen molar-refractivity contribution in [3.63, 3.8) is 0 Å². The number of esters is 1. The molecule has 15 heavy (non-hydrogen) atoms. The maximum absolute atomic E-state index is 12.4. The summed E-state index contributed by atoms with van der Waals surface area (Å²) in [5, 5.41) is 8.56. The molecule has 0 aromatic carbocycles. The number of aromatic nitrogens is 1. The van der Waals surface area contributed by atoms with Crippen molar-refractivity contribution in [2.75, 3.05) is 7.11 Å². The van der Waals surface area contributed by atoms with Crippen molar-refractivity contribution in [3.8, 4) is 5.75 Å². The molecule has 0 saturated heterocycles. The number of carbonyl (C=O) groups is 1. The van der Waals surface area contributed by atoms with Gasteiger partial charge in [0.25, 0.3) is 6.43 Å². The number of halogens is 3. The van der Waals surface area contributed by atoms with Crippen molar-refractivity contribution >= 4 is 17.6 Å². The fraction of sp³-hybridized carbons (Fsp3) is 0.250. The lowest BCUT2D eigenvalue weighted by Gasteiger charge is -2.06. The number of hydrogen-bond acceptors (Lipinski definition) is 4. The molecule has 0 unspecified atom stereocenters. The molecule has 1 aromatic rings. The number of methoxy groups -OCH3 is 1. The summed E-state index contributed by atoms with van der Waals surface area (Å²) in [6.45, 7) is 0. The summed E-state index contributed by atoms with van der Waals surface area (Å²) < 4.78 is 29.0. The summed E-state index contributed by atoms with van der Waals surface area (Å²) in [7, 11) is 1.08. The average Bonchev–Trinajstić information content (AvgIpc) is 2.20. The van der Waals surface area contributed by atoms with E-state index in [2.05, 4.69) is 9.72 Å². The minimum Gasteiger partial charge on any atom is -0.504 e. The van der Waals surface area contributed by atoms with Crippen molar-refractivity contribution < 1.29 is 23.4 Å². The van der Waals surface area contributed by atoms with Gasteiger partial charge in [-0.3, -0.25) is 0 Å². The topological polar surface area (TPSA) is 59.4 Å². The first-order chi connectivity index (χ1) is 6.97. The van der Waals surface area contributed by atoms with E-state index in [1.807, 2.05) is 0 Å². The molecule has 4 nitrogen and oxygen atoms in total. The number of rotatable bonds is 2. The van der Waals surface area contributed by atoms with Crippen LogP contribution in [0.4, 0.5) is 8.78 Å². The zero-order valence-corrected chi connectivity index (χ0v) is 8.26. The first-order valence-corrected chi connectivity index (χ1v) is 4.11. The summed E-state index contributed by atoms with van der Waals surface area (Å²) in [6, 6.07) is 0.734. The number of ether oxygens (including phenoxy) is 1. The quantitative estimate of drug-likeness (QED) is 0.633. The number of hydrogen-bond donors (Lipinski definition) is 1. The van der Waals surface area contributed by atoms with E-state index < -0.39 is 28.9 Å². The summed E-state index contributed by atoms with van der Waals surface area (Å²) in [4.78, 5) is 14.4. The molecule has 0 aliphatic rings. The Labute approximate surface area is 88.4 Å². The Morgan fingerprint density at radius 2 is 2.27 bits per heavy atom. The van der Waals surface area contributed by atoms with Crippen molar-refractivity contribution in [2.24, 2.45) is 0 Å². The minimum absolute atomic E-state index is 0.379. The molecule has 1 aromatic heterocycles. The minimum atomic E-state index is -2.95. The summed E-state index contributed by atoms with van der Waals surface area (Å²) in [5.74, 6) is -1.74. The van der Waals surface area contributed by atoms with Crippen LogP contribution in [0.1, 0.15) is 22.5 Å². The molecular weight excluding hydrogens is 232 g/mol. The average molecular weight is 238 g/mol. The highest BCUT2D eigenvalue weighted by Crippen LogP contribution is 2.33. The van der Waals surface area contributed by atoms with E-state index in [0.717, 1.165) is 13.2 Å². The van der Waals surface area contributed by atoms with E-state index in [9.17, 15) is 13.6 Å². The van der Waals surface area contributed by atoms with E-state index in [-0.39, 0.29) is 5.69 Å². The number of pyridine rings is 1. The van der Waals surface area contributed by atoms with Gasteiger partial charge in [-0.15, -0.1) is 0 Å². The Hall–Kier alpha value is -1.43. The SMILES string of the molecule is COC(=O)c1cc(C(F)F)c(O)c(Cl)n1. The van der Waals surface area contributed by atoms with Crippen LogP contribution in [-0.2, 0) is 4.74 Å². The maximum atomic E-state index is 12.4. The standard InChI is InChI=1S/C8H6ClF2NO3/c1-15-8(14)4-2-3(7(10)11)5(13)6(9)12-4/h2,7,13H,1H3. The molecule has 1 N–H and O–H groups in total. The van der Waals surface area contributed by atoms with E-state index >= 15 is 0 Å². The molecular formula is C8H6ClF2NO3. The van der Waals surface area contributed by atoms with Crippen molar-refractivity contribution in [1.82, 2.24) is 4.98 Å². The van der Waals surface area contributed by atoms with Gasteiger partial charge in [-0.1, -0.05) is 11.6 Å². The molecule has 0 atom stereocenters. The predicted octanol–water partition coefficient (Wildman–Crippen LogP) is 2.16. The third kappa shape index (κ3) is 2.33. The summed E-state index contributed by atoms with van der Waals surface area (Å²) in [6.07, 6.45) is -2.95. The third-order valence-corrected chi connectivity index (χ3v) is 1.87. The fourth-order valence-electron chi connectivity index (χ4n) is 0.901. The van der Waals surface area contributed by atoms with Gasteiger partial charge >= 0.3 is 5.97 Å². The highest BCUT2D eigenvalue weighted by molar-refractivity contribution is 6.31. The maximum Gasteiger partial charge on any atom is 0.356 e. The number of alkyl halides is 2. The molecule has 0 aliphatic heterocycles. The van der Waals surface area contributed by atoms with Crippen LogP contribution in [0.5, 0.6) is 5.75 Å². The number of carbonyl (C=O) groups excluding carboxylic acids is 1. The molecule has 1 heterocycles. The first kappa shape index (κ1) is 11.6. The lowest BCUT2D eigenvalue weighted by molar-refractivity contribution is 0.0593. The number of nitrogens with zero attached hydrogens (tertiary/aromatic N) is 1. The van der Waals surface area contributed by atoms with E-state index in [1.165, 1.54) is 0 Å². The van der Waals surface area contributed by atoms with Crippen LogP contribution < -0.4 is 0 Å². The zero-order valence-electron chi connectivity index (χ0n) is 7.50. The van der Waals surface area contributed by atoms with Gasteiger partial charge in [0.05, 0.1) is 12.7 Å². The van der Waals surface area contributed by atoms with E-state index in [0.29, 0.717) is 0 Å². The van der Waals surface area contributed by atoms with Crippen molar-refractivity contribution in [2.45, 2.75) is 6.43 Å². The highest BCUT2D eigenvalue weighted by atomic mass is 35.5. The van der Waals surface area contributed by atoms with Crippen LogP contribution in [-0.4, -0.2) is 23.2 Å². The summed E-state index contributed by atoms with van der Waals surface area (Å²) in [5.41, 5.74) is -1.13. The second kappa shape index (κ2) is 4.39. The first-order valence-electron chi connectivity index (χ1n) is 3.73. The molecule has 82 valence electrons. The van der Waals surface area contributed by atoms with Crippen molar-refractivity contribution in [3.05, 3.63) is 22.5 Å². The number of aromatic hydroxyl groups is 1. The molecule has 0 amide bonds. The van der Waals surface area contributed by atoms with Crippen molar-refractivity contribution in [1.29, 1.82) is 0 Å². The lowest BCUT2D eigenvalue weighted by atomic mass is 10.2. The van der Waals surface area contributed by atoms with Gasteiger partial charge in [-0.05, 0) is 6.07 Å². The van der Waals surface area contributed by atoms with Crippen LogP contribution in [0.25, 0.3) is 0 Å². The van der Waals surface area contributed by atoms with Gasteiger partial charge in [-0.2, -0.15) is 0 Å². The Kier molecular flexibility index (Phi) is 3.41. The second-order valence-electron chi connectivity index (χ2n) is 2.53. The Morgan fingerprint density at radius 3 is 2.73 bits per heavy atom. The molecule has 0 spiro atoms. The second-order valence-corrected chi connectivity index (χ2v) is 2.89. The Balaban J connectivity index is 3.29. The molecule has 0 saturated carbocycles. The molecule has 0 radical (unpaired) electrons. The monoisotopic (exact) mass is 237 g/mol. The Bertz CT molecular complexity index is 398. The van der Waals surface area contributed by atoms with Crippen LogP contribution in [0.15, 0.2) is 6.07 Å². The van der Waals surface area contributed by atoms with Gasteiger partial charge in [0, 0.05) is 0 Å². The van der Waals surface area contributed by atoms with Crippen LogP contribution in [0, 0.1) is 0 Å². The largest absolute Gasteiger partial charge is 0.504 e. The van der Waals surface area contributed by atoms with Crippen LogP contribution in [0.2, 0.25) is 5.15 Å². The Morgan fingerprint density at radius 1 is 1.67 bits per heavy atom. The zero-order chi connectivity index (χ0) is 11.6. The highest BCUT2D eigenvalue weighted by Gasteiger charge is 2.20. The lowest BCUT2D eigenvalue weighted by Crippen LogP contribution is -2.06. The predicted molar refractivity (Wildman–Crippen MR) is 47.2 cm³/mol.